The maximum Gasteiger partial charge on any atom is 0.218 e. The fraction of sp³-hybridized carbons (Fsp3) is 0.692. The average Bonchev–Trinajstić information content (AvgIpc) is 2.83. The van der Waals surface area contributed by atoms with Crippen LogP contribution < -0.4 is 15.0 Å². The number of ether oxygens (including phenoxy) is 1. The highest BCUT2D eigenvalue weighted by molar-refractivity contribution is 5.42. The molecule has 2 aliphatic heterocycles. The number of nitrogens with one attached hydrogen (secondary N) is 1. The van der Waals surface area contributed by atoms with Crippen molar-refractivity contribution in [3.05, 3.63) is 12.4 Å². The maximum absolute atomic E-state index is 5.43. The number of hydrogen-bond donors (Lipinski definition) is 1. The van der Waals surface area contributed by atoms with Gasteiger partial charge in [0.05, 0.1) is 6.61 Å². The Bertz CT molecular complexity index is 398. The number of nitrogens with zero attached hydrogens (tertiary/aromatic N) is 3. The van der Waals surface area contributed by atoms with Crippen LogP contribution in [0.3, 0.4) is 0 Å². The summed E-state index contributed by atoms with van der Waals surface area (Å²) in [5, 5.41) is 3.60. The lowest BCUT2D eigenvalue weighted by Crippen LogP contribution is -2.40. The number of hydrogen-bond acceptors (Lipinski definition) is 5. The summed E-state index contributed by atoms with van der Waals surface area (Å²) in [7, 11) is 0. The third-order valence-corrected chi connectivity index (χ3v) is 3.84. The van der Waals surface area contributed by atoms with Crippen LogP contribution in [-0.2, 0) is 0 Å². The first-order chi connectivity index (χ1) is 8.86. The molecule has 5 nitrogen and oxygen atoms in total. The maximum atomic E-state index is 5.43. The Morgan fingerprint density at radius 3 is 3.22 bits per heavy atom. The zero-order valence-corrected chi connectivity index (χ0v) is 10.8. The van der Waals surface area contributed by atoms with Crippen molar-refractivity contribution in [2.45, 2.75) is 25.8 Å². The molecule has 3 rings (SSSR count). The fourth-order valence-corrected chi connectivity index (χ4v) is 2.96. The van der Waals surface area contributed by atoms with E-state index in [4.69, 9.17) is 4.74 Å². The molecule has 2 atom stereocenters. The highest BCUT2D eigenvalue weighted by Gasteiger charge is 2.34. The molecule has 0 bridgehead atoms. The highest BCUT2D eigenvalue weighted by atomic mass is 16.5. The van der Waals surface area contributed by atoms with Gasteiger partial charge in [-0.05, 0) is 32.2 Å². The number of anilines is 1. The van der Waals surface area contributed by atoms with Crippen molar-refractivity contribution in [1.29, 1.82) is 0 Å². The summed E-state index contributed by atoms with van der Waals surface area (Å²) in [6, 6.07) is 2.57. The van der Waals surface area contributed by atoms with Crippen molar-refractivity contribution in [3.8, 4) is 5.88 Å². The molecule has 3 heterocycles. The molecule has 18 heavy (non-hydrogen) atoms. The second kappa shape index (κ2) is 5.10. The summed E-state index contributed by atoms with van der Waals surface area (Å²) in [6.45, 7) is 5.91. The molecule has 0 aromatic carbocycles. The van der Waals surface area contributed by atoms with Crippen LogP contribution >= 0.6 is 0 Å². The number of fused-ring (bicyclic) bond motifs is 1. The summed E-state index contributed by atoms with van der Waals surface area (Å²) < 4.78 is 5.43. The Kier molecular flexibility index (Phi) is 3.32. The molecule has 2 saturated heterocycles. The van der Waals surface area contributed by atoms with E-state index in [0.29, 0.717) is 18.5 Å². The molecule has 2 fully saturated rings. The summed E-state index contributed by atoms with van der Waals surface area (Å²) in [6.07, 6.45) is 4.22. The van der Waals surface area contributed by atoms with Crippen LogP contribution in [0.4, 0.5) is 5.82 Å². The summed E-state index contributed by atoms with van der Waals surface area (Å²) >= 11 is 0. The van der Waals surface area contributed by atoms with Crippen LogP contribution in [0.5, 0.6) is 5.88 Å². The Labute approximate surface area is 108 Å². The first-order valence-corrected chi connectivity index (χ1v) is 6.80. The minimum absolute atomic E-state index is 0.629. The van der Waals surface area contributed by atoms with E-state index in [1.807, 2.05) is 13.0 Å². The largest absolute Gasteiger partial charge is 0.478 e. The molecule has 98 valence electrons. The zero-order valence-electron chi connectivity index (χ0n) is 10.8. The van der Waals surface area contributed by atoms with Crippen LogP contribution in [0.25, 0.3) is 0 Å². The first kappa shape index (κ1) is 11.7. The average molecular weight is 248 g/mol. The minimum Gasteiger partial charge on any atom is -0.478 e. The Balaban J connectivity index is 1.73. The standard InChI is InChI=1S/C13H20N4O/c1-2-18-13-6-12(15-9-16-13)17-7-10-4-3-5-14-11(10)8-17/h6,9-11,14H,2-5,7-8H2,1H3/t10-,11+/m0/s1. The van der Waals surface area contributed by atoms with E-state index in [1.165, 1.54) is 12.8 Å². The molecular weight excluding hydrogens is 228 g/mol. The van der Waals surface area contributed by atoms with Gasteiger partial charge in [-0.15, -0.1) is 0 Å². The normalized spacial score (nSPS) is 27.1. The van der Waals surface area contributed by atoms with Gasteiger partial charge in [0.2, 0.25) is 5.88 Å². The fourth-order valence-electron chi connectivity index (χ4n) is 2.96. The van der Waals surface area contributed by atoms with Crippen molar-refractivity contribution in [3.63, 3.8) is 0 Å². The monoisotopic (exact) mass is 248 g/mol. The smallest absolute Gasteiger partial charge is 0.218 e. The lowest BCUT2D eigenvalue weighted by atomic mass is 9.94. The summed E-state index contributed by atoms with van der Waals surface area (Å²) in [4.78, 5) is 10.8. The molecule has 0 radical (unpaired) electrons. The van der Waals surface area contributed by atoms with Crippen LogP contribution in [0, 0.1) is 5.92 Å². The number of rotatable bonds is 3. The highest BCUT2D eigenvalue weighted by Crippen LogP contribution is 2.28. The lowest BCUT2D eigenvalue weighted by molar-refractivity contribution is 0.326. The first-order valence-electron chi connectivity index (χ1n) is 6.80. The molecule has 0 spiro atoms. The van der Waals surface area contributed by atoms with Gasteiger partial charge in [-0.2, -0.15) is 0 Å². The van der Waals surface area contributed by atoms with E-state index in [9.17, 15) is 0 Å². The van der Waals surface area contributed by atoms with E-state index in [0.717, 1.165) is 31.4 Å². The van der Waals surface area contributed by atoms with E-state index in [-0.39, 0.29) is 0 Å². The van der Waals surface area contributed by atoms with Crippen molar-refractivity contribution >= 4 is 5.82 Å². The van der Waals surface area contributed by atoms with Crippen LogP contribution in [0.2, 0.25) is 0 Å². The van der Waals surface area contributed by atoms with Gasteiger partial charge in [-0.25, -0.2) is 9.97 Å². The van der Waals surface area contributed by atoms with E-state index in [2.05, 4.69) is 20.2 Å². The minimum atomic E-state index is 0.629. The molecule has 0 unspecified atom stereocenters. The van der Waals surface area contributed by atoms with Crippen molar-refractivity contribution in [1.82, 2.24) is 15.3 Å². The zero-order chi connectivity index (χ0) is 12.4. The molecule has 1 aromatic rings. The molecular formula is C13H20N4O. The molecule has 1 N–H and O–H groups in total. The molecule has 0 amide bonds. The topological polar surface area (TPSA) is 50.3 Å². The predicted octanol–water partition coefficient (Wildman–Crippen LogP) is 1.06. The van der Waals surface area contributed by atoms with Crippen molar-refractivity contribution in [2.24, 2.45) is 5.92 Å². The number of aromatic nitrogens is 2. The van der Waals surface area contributed by atoms with Crippen LogP contribution in [0.1, 0.15) is 19.8 Å². The van der Waals surface area contributed by atoms with Crippen molar-refractivity contribution < 1.29 is 4.74 Å². The van der Waals surface area contributed by atoms with Crippen LogP contribution in [-0.4, -0.2) is 42.3 Å². The van der Waals surface area contributed by atoms with Gasteiger partial charge in [0, 0.05) is 25.2 Å². The van der Waals surface area contributed by atoms with Gasteiger partial charge < -0.3 is 15.0 Å². The Hall–Kier alpha value is -1.36. The van der Waals surface area contributed by atoms with E-state index < -0.39 is 0 Å². The summed E-state index contributed by atoms with van der Waals surface area (Å²) in [5.74, 6) is 2.43. The van der Waals surface area contributed by atoms with Gasteiger partial charge in [0.25, 0.3) is 0 Å². The molecule has 2 aliphatic rings. The molecule has 0 saturated carbocycles. The van der Waals surface area contributed by atoms with Gasteiger partial charge in [0.1, 0.15) is 12.1 Å². The lowest BCUT2D eigenvalue weighted by Gasteiger charge is -2.24. The quantitative estimate of drug-likeness (QED) is 0.867. The number of piperidine rings is 1. The van der Waals surface area contributed by atoms with Gasteiger partial charge in [-0.3, -0.25) is 0 Å². The van der Waals surface area contributed by atoms with E-state index in [1.54, 1.807) is 6.33 Å². The Morgan fingerprint density at radius 2 is 2.39 bits per heavy atom. The van der Waals surface area contributed by atoms with Gasteiger partial charge in [-0.1, -0.05) is 0 Å². The molecule has 0 aliphatic carbocycles. The predicted molar refractivity (Wildman–Crippen MR) is 69.9 cm³/mol. The Morgan fingerprint density at radius 1 is 1.44 bits per heavy atom. The molecule has 5 heteroatoms. The van der Waals surface area contributed by atoms with Crippen molar-refractivity contribution in [2.75, 3.05) is 31.1 Å². The SMILES string of the molecule is CCOc1cc(N2C[C@@H]3CCCN[C@@H]3C2)ncn1. The molecule has 1 aromatic heterocycles. The third-order valence-electron chi connectivity index (χ3n) is 3.84. The van der Waals surface area contributed by atoms with Gasteiger partial charge >= 0.3 is 0 Å². The second-order valence-corrected chi connectivity index (χ2v) is 5.02. The van der Waals surface area contributed by atoms with Gasteiger partial charge in [0.15, 0.2) is 0 Å². The van der Waals surface area contributed by atoms with E-state index >= 15 is 0 Å². The second-order valence-electron chi connectivity index (χ2n) is 5.02. The summed E-state index contributed by atoms with van der Waals surface area (Å²) in [5.41, 5.74) is 0. The van der Waals surface area contributed by atoms with Crippen LogP contribution in [0.15, 0.2) is 12.4 Å². The third kappa shape index (κ3) is 2.27.